The Balaban J connectivity index is 1.54. The third-order valence-electron chi connectivity index (χ3n) is 4.24. The monoisotopic (exact) mass is 407 g/mol. The van der Waals surface area contributed by atoms with Gasteiger partial charge in [-0.3, -0.25) is 0 Å². The lowest BCUT2D eigenvalue weighted by Crippen LogP contribution is -2.07. The van der Waals surface area contributed by atoms with E-state index in [0.29, 0.717) is 22.9 Å². The van der Waals surface area contributed by atoms with Crippen LogP contribution in [-0.4, -0.2) is 11.9 Å². The Kier molecular flexibility index (Phi) is 5.40. The molecule has 3 aromatic rings. The van der Waals surface area contributed by atoms with Crippen molar-refractivity contribution in [1.29, 1.82) is 0 Å². The molecule has 0 bridgehead atoms. The van der Waals surface area contributed by atoms with Gasteiger partial charge in [0.15, 0.2) is 5.70 Å². The van der Waals surface area contributed by atoms with Crippen molar-refractivity contribution >= 4 is 29.5 Å². The van der Waals surface area contributed by atoms with Crippen molar-refractivity contribution in [2.45, 2.75) is 6.61 Å². The maximum Gasteiger partial charge on any atom is 0.363 e. The summed E-state index contributed by atoms with van der Waals surface area (Å²) in [5.41, 5.74) is 1.80. The van der Waals surface area contributed by atoms with E-state index in [2.05, 4.69) is 4.99 Å². The third kappa shape index (κ3) is 4.36. The SMILES string of the molecule is O=C1OC(c2ccccc2F)=N/C1=C/c1cccc(OCc2ccccc2Cl)c1. The van der Waals surface area contributed by atoms with Gasteiger partial charge >= 0.3 is 5.97 Å². The van der Waals surface area contributed by atoms with Crippen LogP contribution < -0.4 is 4.74 Å². The molecule has 0 N–H and O–H groups in total. The lowest BCUT2D eigenvalue weighted by atomic mass is 10.2. The normalized spacial score (nSPS) is 14.6. The van der Waals surface area contributed by atoms with Gasteiger partial charge in [0, 0.05) is 10.6 Å². The summed E-state index contributed by atoms with van der Waals surface area (Å²) >= 11 is 6.14. The van der Waals surface area contributed by atoms with Crippen LogP contribution in [0.1, 0.15) is 16.7 Å². The van der Waals surface area contributed by atoms with Crippen LogP contribution in [0.3, 0.4) is 0 Å². The molecule has 0 amide bonds. The minimum atomic E-state index is -0.634. The predicted octanol–water partition coefficient (Wildman–Crippen LogP) is 5.40. The Morgan fingerprint density at radius 2 is 1.83 bits per heavy atom. The topological polar surface area (TPSA) is 47.9 Å². The molecule has 29 heavy (non-hydrogen) atoms. The van der Waals surface area contributed by atoms with Crippen LogP contribution in [0.2, 0.25) is 5.02 Å². The van der Waals surface area contributed by atoms with Crippen molar-refractivity contribution in [1.82, 2.24) is 0 Å². The van der Waals surface area contributed by atoms with Gasteiger partial charge in [-0.05, 0) is 42.0 Å². The summed E-state index contributed by atoms with van der Waals surface area (Å²) in [4.78, 5) is 16.3. The highest BCUT2D eigenvalue weighted by atomic mass is 35.5. The van der Waals surface area contributed by atoms with Gasteiger partial charge in [-0.2, -0.15) is 0 Å². The molecule has 0 saturated carbocycles. The maximum atomic E-state index is 13.9. The van der Waals surface area contributed by atoms with E-state index in [1.165, 1.54) is 12.1 Å². The molecule has 0 atom stereocenters. The average molecular weight is 408 g/mol. The van der Waals surface area contributed by atoms with Gasteiger partial charge in [-0.25, -0.2) is 14.2 Å². The second-order valence-corrected chi connectivity index (χ2v) is 6.68. The first-order valence-electron chi connectivity index (χ1n) is 8.84. The lowest BCUT2D eigenvalue weighted by molar-refractivity contribution is -0.129. The molecular formula is C23H15ClFNO3. The largest absolute Gasteiger partial charge is 0.489 e. The molecule has 144 valence electrons. The Labute approximate surface area is 171 Å². The number of cyclic esters (lactones) is 1. The summed E-state index contributed by atoms with van der Waals surface area (Å²) in [5, 5.41) is 0.634. The van der Waals surface area contributed by atoms with E-state index in [9.17, 15) is 9.18 Å². The van der Waals surface area contributed by atoms with Crippen LogP contribution in [0.15, 0.2) is 83.5 Å². The molecule has 1 heterocycles. The number of carbonyl (C=O) groups is 1. The molecule has 3 aromatic carbocycles. The molecule has 4 nitrogen and oxygen atoms in total. The molecule has 0 saturated heterocycles. The zero-order valence-electron chi connectivity index (χ0n) is 15.1. The van der Waals surface area contributed by atoms with Crippen LogP contribution in [0.4, 0.5) is 4.39 Å². The molecule has 0 aliphatic carbocycles. The Bertz CT molecular complexity index is 1140. The molecular weight excluding hydrogens is 393 g/mol. The summed E-state index contributed by atoms with van der Waals surface area (Å²) in [6.45, 7) is 0.317. The Hall–Kier alpha value is -3.44. The number of rotatable bonds is 5. The van der Waals surface area contributed by atoms with E-state index in [1.807, 2.05) is 18.2 Å². The van der Waals surface area contributed by atoms with E-state index in [-0.39, 0.29) is 17.2 Å². The van der Waals surface area contributed by atoms with Gasteiger partial charge in [-0.15, -0.1) is 0 Å². The molecule has 0 aromatic heterocycles. The summed E-state index contributed by atoms with van der Waals surface area (Å²) < 4.78 is 24.8. The second-order valence-electron chi connectivity index (χ2n) is 6.27. The first-order chi connectivity index (χ1) is 14.1. The molecule has 4 rings (SSSR count). The highest BCUT2D eigenvalue weighted by Gasteiger charge is 2.25. The maximum absolute atomic E-state index is 13.9. The number of hydrogen-bond acceptors (Lipinski definition) is 4. The van der Waals surface area contributed by atoms with E-state index in [0.717, 1.165) is 5.56 Å². The van der Waals surface area contributed by atoms with Gasteiger partial charge in [0.1, 0.15) is 18.2 Å². The van der Waals surface area contributed by atoms with Gasteiger partial charge in [0.05, 0.1) is 5.56 Å². The Morgan fingerprint density at radius 3 is 2.66 bits per heavy atom. The molecule has 0 unspecified atom stereocenters. The van der Waals surface area contributed by atoms with E-state index in [1.54, 1.807) is 48.5 Å². The first kappa shape index (κ1) is 18.9. The van der Waals surface area contributed by atoms with Crippen molar-refractivity contribution < 1.29 is 18.7 Å². The molecule has 6 heteroatoms. The fourth-order valence-corrected chi connectivity index (χ4v) is 2.98. The quantitative estimate of drug-likeness (QED) is 0.420. The zero-order valence-corrected chi connectivity index (χ0v) is 15.9. The van der Waals surface area contributed by atoms with Crippen molar-refractivity contribution in [2.24, 2.45) is 4.99 Å². The summed E-state index contributed by atoms with van der Waals surface area (Å²) in [6, 6.07) is 20.6. The van der Waals surface area contributed by atoms with Gasteiger partial charge in [0.2, 0.25) is 5.90 Å². The van der Waals surface area contributed by atoms with Gasteiger partial charge in [0.25, 0.3) is 0 Å². The van der Waals surface area contributed by atoms with E-state index in [4.69, 9.17) is 21.1 Å². The number of carbonyl (C=O) groups excluding carboxylic acids is 1. The van der Waals surface area contributed by atoms with Crippen molar-refractivity contribution in [2.75, 3.05) is 0 Å². The fourth-order valence-electron chi connectivity index (χ4n) is 2.79. The number of esters is 1. The smallest absolute Gasteiger partial charge is 0.363 e. The number of aliphatic imine (C=N–C) groups is 1. The standard InChI is InChI=1S/C23H15ClFNO3/c24-19-10-3-1-7-16(19)14-28-17-8-5-6-15(12-17)13-21-23(27)29-22(26-21)18-9-2-4-11-20(18)25/h1-13H,14H2/b21-13+. The van der Waals surface area contributed by atoms with Crippen LogP contribution >= 0.6 is 11.6 Å². The minimum absolute atomic E-state index is 0.0505. The van der Waals surface area contributed by atoms with E-state index < -0.39 is 11.8 Å². The molecule has 0 spiro atoms. The number of halogens is 2. The van der Waals surface area contributed by atoms with Crippen molar-refractivity contribution in [3.05, 3.63) is 106 Å². The zero-order chi connectivity index (χ0) is 20.2. The number of ether oxygens (including phenoxy) is 2. The molecule has 1 aliphatic heterocycles. The van der Waals surface area contributed by atoms with E-state index >= 15 is 0 Å². The molecule has 1 aliphatic rings. The van der Waals surface area contributed by atoms with Gasteiger partial charge in [-0.1, -0.05) is 54.1 Å². The van der Waals surface area contributed by atoms with Gasteiger partial charge < -0.3 is 9.47 Å². The van der Waals surface area contributed by atoms with Crippen LogP contribution in [0, 0.1) is 5.82 Å². The lowest BCUT2D eigenvalue weighted by Gasteiger charge is -2.08. The predicted molar refractivity (Wildman–Crippen MR) is 109 cm³/mol. The molecule has 0 radical (unpaired) electrons. The number of hydrogen-bond donors (Lipinski definition) is 0. The van der Waals surface area contributed by atoms with Crippen molar-refractivity contribution in [3.63, 3.8) is 0 Å². The minimum Gasteiger partial charge on any atom is -0.489 e. The highest BCUT2D eigenvalue weighted by molar-refractivity contribution is 6.31. The van der Waals surface area contributed by atoms with Crippen LogP contribution in [0.5, 0.6) is 5.75 Å². The fraction of sp³-hybridized carbons (Fsp3) is 0.0435. The van der Waals surface area contributed by atoms with Crippen molar-refractivity contribution in [3.8, 4) is 5.75 Å². The summed E-state index contributed by atoms with van der Waals surface area (Å²) in [5.74, 6) is -0.574. The summed E-state index contributed by atoms with van der Waals surface area (Å²) in [7, 11) is 0. The number of benzene rings is 3. The number of nitrogens with zero attached hydrogens (tertiary/aromatic N) is 1. The Morgan fingerprint density at radius 1 is 1.03 bits per heavy atom. The first-order valence-corrected chi connectivity index (χ1v) is 9.22. The highest BCUT2D eigenvalue weighted by Crippen LogP contribution is 2.23. The third-order valence-corrected chi connectivity index (χ3v) is 4.61. The second kappa shape index (κ2) is 8.29. The molecule has 0 fully saturated rings. The summed E-state index contributed by atoms with van der Waals surface area (Å²) in [6.07, 6.45) is 1.57. The average Bonchev–Trinajstić information content (AvgIpc) is 3.08. The van der Waals surface area contributed by atoms with Crippen LogP contribution in [0.25, 0.3) is 6.08 Å². The van der Waals surface area contributed by atoms with Crippen LogP contribution in [-0.2, 0) is 16.1 Å².